The van der Waals surface area contributed by atoms with Crippen molar-refractivity contribution in [1.29, 1.82) is 0 Å². The first kappa shape index (κ1) is 15.0. The van der Waals surface area contributed by atoms with Crippen LogP contribution in [0.4, 0.5) is 0 Å². The number of carboxylic acids is 1. The number of aliphatic carboxylic acids is 1. The summed E-state index contributed by atoms with van der Waals surface area (Å²) in [5, 5.41) is 8.85. The predicted octanol–water partition coefficient (Wildman–Crippen LogP) is 3.19. The van der Waals surface area contributed by atoms with E-state index in [9.17, 15) is 9.59 Å². The summed E-state index contributed by atoms with van der Waals surface area (Å²) < 4.78 is 0. The second-order valence-electron chi connectivity index (χ2n) is 5.20. The van der Waals surface area contributed by atoms with Crippen LogP contribution < -0.4 is 0 Å². The highest BCUT2D eigenvalue weighted by molar-refractivity contribution is 6.18. The van der Waals surface area contributed by atoms with Crippen molar-refractivity contribution in [2.45, 2.75) is 33.1 Å². The number of alkyl halides is 1. The normalized spacial score (nSPS) is 21.5. The molecule has 0 saturated heterocycles. The second kappa shape index (κ2) is 6.19. The molecule has 18 heavy (non-hydrogen) atoms. The third-order valence-electron chi connectivity index (χ3n) is 3.25. The van der Waals surface area contributed by atoms with Gasteiger partial charge in [0, 0.05) is 17.9 Å². The van der Waals surface area contributed by atoms with Crippen LogP contribution in [0, 0.1) is 11.3 Å². The van der Waals surface area contributed by atoms with E-state index in [0.29, 0.717) is 24.3 Å². The minimum atomic E-state index is -0.817. The maximum absolute atomic E-state index is 11.9. The van der Waals surface area contributed by atoms with E-state index in [1.807, 2.05) is 26.0 Å². The van der Waals surface area contributed by atoms with Crippen molar-refractivity contribution in [2.75, 3.05) is 5.88 Å². The molecule has 0 aromatic carbocycles. The number of halogens is 1. The van der Waals surface area contributed by atoms with Crippen LogP contribution in [0.3, 0.4) is 0 Å². The number of Topliss-reactive ketones (excluding diaryl/α,β-unsaturated/α-hetero) is 1. The van der Waals surface area contributed by atoms with Crippen LogP contribution in [0.2, 0.25) is 0 Å². The van der Waals surface area contributed by atoms with Gasteiger partial charge in [-0.05, 0) is 17.8 Å². The Morgan fingerprint density at radius 1 is 1.44 bits per heavy atom. The Hall–Kier alpha value is -1.09. The number of allylic oxidation sites excluding steroid dienone is 4. The standard InChI is InChI=1S/C14H19ClO3/c1-14(2)9-10(12(16)4-3-7-15)5-6-11(14)8-13(17)18/h5-6,9,11H,3-4,7-8H2,1-2H3,(H,17,18). The SMILES string of the molecule is CC1(C)C=C(C(=O)CCCCl)C=CC1CC(=O)O. The van der Waals surface area contributed by atoms with Gasteiger partial charge >= 0.3 is 5.97 Å². The molecule has 1 N–H and O–H groups in total. The molecule has 0 aromatic rings. The van der Waals surface area contributed by atoms with Gasteiger partial charge in [0.25, 0.3) is 0 Å². The van der Waals surface area contributed by atoms with Gasteiger partial charge in [0.1, 0.15) is 0 Å². The van der Waals surface area contributed by atoms with E-state index < -0.39 is 5.97 Å². The third-order valence-corrected chi connectivity index (χ3v) is 3.51. The summed E-state index contributed by atoms with van der Waals surface area (Å²) in [6.07, 6.45) is 6.67. The fourth-order valence-electron chi connectivity index (χ4n) is 2.09. The Kier molecular flexibility index (Phi) is 5.15. The van der Waals surface area contributed by atoms with Gasteiger partial charge in [0.2, 0.25) is 0 Å². The Labute approximate surface area is 113 Å². The number of rotatable bonds is 6. The van der Waals surface area contributed by atoms with Gasteiger partial charge in [-0.1, -0.05) is 32.1 Å². The molecule has 1 unspecified atom stereocenters. The van der Waals surface area contributed by atoms with E-state index in [2.05, 4.69) is 0 Å². The molecule has 0 saturated carbocycles. The number of carboxylic acid groups (broad SMARTS) is 1. The lowest BCUT2D eigenvalue weighted by Gasteiger charge is -2.32. The molecular weight excluding hydrogens is 252 g/mol. The zero-order valence-electron chi connectivity index (χ0n) is 10.8. The minimum Gasteiger partial charge on any atom is -0.481 e. The van der Waals surface area contributed by atoms with E-state index in [1.54, 1.807) is 6.08 Å². The summed E-state index contributed by atoms with van der Waals surface area (Å²) in [6, 6.07) is 0. The molecule has 100 valence electrons. The second-order valence-corrected chi connectivity index (χ2v) is 5.58. The van der Waals surface area contributed by atoms with E-state index in [4.69, 9.17) is 16.7 Å². The fourth-order valence-corrected chi connectivity index (χ4v) is 2.22. The first-order valence-corrected chi connectivity index (χ1v) is 6.62. The predicted molar refractivity (Wildman–Crippen MR) is 71.7 cm³/mol. The summed E-state index contributed by atoms with van der Waals surface area (Å²) in [5.41, 5.74) is 0.366. The molecule has 1 aliphatic carbocycles. The largest absolute Gasteiger partial charge is 0.481 e. The molecule has 0 aromatic heterocycles. The van der Waals surface area contributed by atoms with Crippen LogP contribution in [0.1, 0.15) is 33.1 Å². The van der Waals surface area contributed by atoms with Crippen molar-refractivity contribution in [3.8, 4) is 0 Å². The van der Waals surface area contributed by atoms with Gasteiger partial charge in [-0.2, -0.15) is 0 Å². The quantitative estimate of drug-likeness (QED) is 0.754. The number of hydrogen-bond acceptors (Lipinski definition) is 2. The van der Waals surface area contributed by atoms with Crippen molar-refractivity contribution in [2.24, 2.45) is 11.3 Å². The third kappa shape index (κ3) is 3.98. The highest BCUT2D eigenvalue weighted by Crippen LogP contribution is 2.37. The van der Waals surface area contributed by atoms with Gasteiger partial charge in [-0.3, -0.25) is 9.59 Å². The highest BCUT2D eigenvalue weighted by atomic mass is 35.5. The first-order chi connectivity index (χ1) is 8.36. The van der Waals surface area contributed by atoms with Gasteiger partial charge in [0.15, 0.2) is 5.78 Å². The van der Waals surface area contributed by atoms with Crippen LogP contribution >= 0.6 is 11.6 Å². The molecule has 0 spiro atoms. The lowest BCUT2D eigenvalue weighted by molar-refractivity contribution is -0.138. The molecular formula is C14H19ClO3. The molecule has 0 heterocycles. The number of ketones is 1. The molecule has 1 rings (SSSR count). The van der Waals surface area contributed by atoms with Crippen LogP contribution in [0.25, 0.3) is 0 Å². The maximum Gasteiger partial charge on any atom is 0.303 e. The Bertz CT molecular complexity index is 394. The highest BCUT2D eigenvalue weighted by Gasteiger charge is 2.31. The number of carbonyl (C=O) groups excluding carboxylic acids is 1. The van der Waals surface area contributed by atoms with Crippen molar-refractivity contribution in [3.05, 3.63) is 23.8 Å². The molecule has 0 radical (unpaired) electrons. The molecule has 3 nitrogen and oxygen atoms in total. The van der Waals surface area contributed by atoms with E-state index in [0.717, 1.165) is 0 Å². The van der Waals surface area contributed by atoms with Crippen LogP contribution in [0.15, 0.2) is 23.8 Å². The number of carbonyl (C=O) groups is 2. The molecule has 0 aliphatic heterocycles. The van der Waals surface area contributed by atoms with Crippen molar-refractivity contribution in [3.63, 3.8) is 0 Å². The Balaban J connectivity index is 2.77. The van der Waals surface area contributed by atoms with Crippen molar-refractivity contribution in [1.82, 2.24) is 0 Å². The first-order valence-electron chi connectivity index (χ1n) is 6.09. The minimum absolute atomic E-state index is 0.0698. The number of hydrogen-bond donors (Lipinski definition) is 1. The van der Waals surface area contributed by atoms with Gasteiger partial charge in [0.05, 0.1) is 6.42 Å². The van der Waals surface area contributed by atoms with Gasteiger partial charge in [-0.15, -0.1) is 11.6 Å². The lowest BCUT2D eigenvalue weighted by Crippen LogP contribution is -2.26. The monoisotopic (exact) mass is 270 g/mol. The Morgan fingerprint density at radius 3 is 2.61 bits per heavy atom. The van der Waals surface area contributed by atoms with E-state index >= 15 is 0 Å². The van der Waals surface area contributed by atoms with Gasteiger partial charge < -0.3 is 5.11 Å². The fraction of sp³-hybridized carbons (Fsp3) is 0.571. The average Bonchev–Trinajstić information content (AvgIpc) is 2.27. The topological polar surface area (TPSA) is 54.4 Å². The summed E-state index contributed by atoms with van der Waals surface area (Å²) in [7, 11) is 0. The van der Waals surface area contributed by atoms with Crippen LogP contribution in [0.5, 0.6) is 0 Å². The molecule has 1 atom stereocenters. The smallest absolute Gasteiger partial charge is 0.303 e. The lowest BCUT2D eigenvalue weighted by atomic mass is 9.72. The van der Waals surface area contributed by atoms with Gasteiger partial charge in [-0.25, -0.2) is 0 Å². The summed E-state index contributed by atoms with van der Waals surface area (Å²) >= 11 is 5.57. The average molecular weight is 271 g/mol. The molecule has 1 aliphatic rings. The summed E-state index contributed by atoms with van der Waals surface area (Å²) in [5.74, 6) is -0.329. The molecule has 0 amide bonds. The zero-order valence-corrected chi connectivity index (χ0v) is 11.5. The molecule has 4 heteroatoms. The summed E-state index contributed by atoms with van der Waals surface area (Å²) in [4.78, 5) is 22.7. The van der Waals surface area contributed by atoms with Crippen molar-refractivity contribution < 1.29 is 14.7 Å². The summed E-state index contributed by atoms with van der Waals surface area (Å²) in [6.45, 7) is 3.91. The maximum atomic E-state index is 11.9. The van der Waals surface area contributed by atoms with E-state index in [-0.39, 0.29) is 23.5 Å². The zero-order chi connectivity index (χ0) is 13.8. The molecule has 0 bridgehead atoms. The van der Waals surface area contributed by atoms with E-state index in [1.165, 1.54) is 0 Å². The van der Waals surface area contributed by atoms with Crippen LogP contribution in [-0.2, 0) is 9.59 Å². The van der Waals surface area contributed by atoms with Crippen molar-refractivity contribution >= 4 is 23.4 Å². The Morgan fingerprint density at radius 2 is 2.11 bits per heavy atom. The molecule has 0 fully saturated rings. The van der Waals surface area contributed by atoms with Crippen LogP contribution in [-0.4, -0.2) is 22.7 Å².